The van der Waals surface area contributed by atoms with Crippen LogP contribution in [0.25, 0.3) is 0 Å². The Morgan fingerprint density at radius 3 is 2.28 bits per heavy atom. The Balaban J connectivity index is 1.98. The van der Waals surface area contributed by atoms with E-state index in [2.05, 4.69) is 91.0 Å². The summed E-state index contributed by atoms with van der Waals surface area (Å²) in [5.74, 6) is 1.72. The second-order valence-electron chi connectivity index (χ2n) is 10.0. The number of ether oxygens (including phenoxy) is 1. The molecule has 3 nitrogen and oxygen atoms in total. The maximum Gasteiger partial charge on any atom is 0.224 e. The van der Waals surface area contributed by atoms with Crippen molar-refractivity contribution >= 4 is 11.6 Å². The molecule has 0 bridgehead atoms. The van der Waals surface area contributed by atoms with Crippen LogP contribution in [0.3, 0.4) is 0 Å². The van der Waals surface area contributed by atoms with E-state index >= 15 is 0 Å². The molecule has 0 saturated carbocycles. The minimum absolute atomic E-state index is 0.0396. The van der Waals surface area contributed by atoms with Crippen molar-refractivity contribution in [3.05, 3.63) is 58.1 Å². The average Bonchev–Trinajstić information content (AvgIpc) is 2.94. The fourth-order valence-electron chi connectivity index (χ4n) is 4.16. The van der Waals surface area contributed by atoms with Gasteiger partial charge in [0, 0.05) is 23.6 Å². The Morgan fingerprint density at radius 1 is 1.10 bits per heavy atom. The molecule has 0 fully saturated rings. The van der Waals surface area contributed by atoms with Crippen LogP contribution >= 0.6 is 0 Å². The Labute approximate surface area is 175 Å². The molecular formula is C26H35NO2. The van der Waals surface area contributed by atoms with Crippen molar-refractivity contribution in [2.75, 3.05) is 5.32 Å². The molecule has 0 saturated heterocycles. The second kappa shape index (κ2) is 7.85. The second-order valence-corrected chi connectivity index (χ2v) is 10.0. The zero-order chi connectivity index (χ0) is 21.5. The van der Waals surface area contributed by atoms with Gasteiger partial charge in [-0.15, -0.1) is 0 Å². The molecule has 2 aromatic rings. The van der Waals surface area contributed by atoms with Gasteiger partial charge in [0.25, 0.3) is 0 Å². The number of rotatable bonds is 4. The lowest BCUT2D eigenvalue weighted by molar-refractivity contribution is -0.117. The van der Waals surface area contributed by atoms with Gasteiger partial charge in [-0.2, -0.15) is 0 Å². The van der Waals surface area contributed by atoms with Crippen LogP contribution in [0.15, 0.2) is 30.3 Å². The van der Waals surface area contributed by atoms with Crippen LogP contribution in [-0.2, 0) is 4.79 Å². The average molecular weight is 394 g/mol. The standard InChI is InChI=1S/C26H35NO2/c1-15(2)19-9-11-20(12-10-19)24-18(5)29-25-17(4)16(3)22(13-21(24)25)27-23(28)14-26(6,7)8/h9-13,15,18,24H,14H2,1-8H3,(H,27,28)/t18-,24-/m0/s1. The molecule has 1 heterocycles. The van der Waals surface area contributed by atoms with E-state index in [-0.39, 0.29) is 23.3 Å². The summed E-state index contributed by atoms with van der Waals surface area (Å²) in [6, 6.07) is 11.0. The maximum absolute atomic E-state index is 12.6. The van der Waals surface area contributed by atoms with Gasteiger partial charge in [-0.1, -0.05) is 58.9 Å². The molecular weight excluding hydrogens is 358 g/mol. The predicted octanol–water partition coefficient (Wildman–Crippen LogP) is 6.71. The van der Waals surface area contributed by atoms with Gasteiger partial charge in [0.1, 0.15) is 11.9 Å². The first-order valence-corrected chi connectivity index (χ1v) is 10.7. The summed E-state index contributed by atoms with van der Waals surface area (Å²) in [6.07, 6.45) is 0.559. The molecule has 1 amide bonds. The molecule has 0 spiro atoms. The molecule has 2 aromatic carbocycles. The molecule has 1 N–H and O–H groups in total. The monoisotopic (exact) mass is 393 g/mol. The van der Waals surface area contributed by atoms with Crippen LogP contribution in [0.4, 0.5) is 5.69 Å². The third kappa shape index (κ3) is 4.49. The Bertz CT molecular complexity index is 904. The van der Waals surface area contributed by atoms with Gasteiger partial charge in [0.05, 0.1) is 0 Å². The molecule has 0 radical (unpaired) electrons. The fourth-order valence-corrected chi connectivity index (χ4v) is 4.16. The number of hydrogen-bond donors (Lipinski definition) is 1. The normalized spacial score (nSPS) is 18.5. The summed E-state index contributed by atoms with van der Waals surface area (Å²) in [5, 5.41) is 3.15. The third-order valence-electron chi connectivity index (χ3n) is 5.90. The molecule has 29 heavy (non-hydrogen) atoms. The van der Waals surface area contributed by atoms with Crippen molar-refractivity contribution in [3.63, 3.8) is 0 Å². The minimum atomic E-state index is -0.0396. The number of carbonyl (C=O) groups is 1. The number of fused-ring (bicyclic) bond motifs is 1. The molecule has 0 aliphatic carbocycles. The number of carbonyl (C=O) groups excluding carboxylic acids is 1. The maximum atomic E-state index is 12.6. The smallest absolute Gasteiger partial charge is 0.224 e. The van der Waals surface area contributed by atoms with E-state index in [0.717, 1.165) is 22.6 Å². The highest BCUT2D eigenvalue weighted by atomic mass is 16.5. The number of amides is 1. The molecule has 156 valence electrons. The van der Waals surface area contributed by atoms with Crippen molar-refractivity contribution in [1.82, 2.24) is 0 Å². The van der Waals surface area contributed by atoms with Crippen molar-refractivity contribution in [3.8, 4) is 5.75 Å². The highest BCUT2D eigenvalue weighted by Crippen LogP contribution is 2.47. The molecule has 0 unspecified atom stereocenters. The summed E-state index contributed by atoms with van der Waals surface area (Å²) < 4.78 is 6.29. The zero-order valence-corrected chi connectivity index (χ0v) is 19.1. The molecule has 2 atom stereocenters. The lowest BCUT2D eigenvalue weighted by Gasteiger charge is -2.20. The topological polar surface area (TPSA) is 38.3 Å². The Hall–Kier alpha value is -2.29. The number of anilines is 1. The van der Waals surface area contributed by atoms with E-state index in [9.17, 15) is 4.79 Å². The van der Waals surface area contributed by atoms with Gasteiger partial charge in [-0.05, 0) is 60.4 Å². The van der Waals surface area contributed by atoms with Gasteiger partial charge < -0.3 is 10.1 Å². The first kappa shape index (κ1) is 21.4. The predicted molar refractivity (Wildman–Crippen MR) is 121 cm³/mol. The summed E-state index contributed by atoms with van der Waals surface area (Å²) in [6.45, 7) is 17.0. The molecule has 3 rings (SSSR count). The van der Waals surface area contributed by atoms with E-state index in [1.54, 1.807) is 0 Å². The van der Waals surface area contributed by atoms with E-state index in [4.69, 9.17) is 4.74 Å². The molecule has 0 aromatic heterocycles. The lowest BCUT2D eigenvalue weighted by Crippen LogP contribution is -2.20. The number of benzene rings is 2. The first-order chi connectivity index (χ1) is 13.5. The van der Waals surface area contributed by atoms with E-state index < -0.39 is 0 Å². The van der Waals surface area contributed by atoms with Crippen molar-refractivity contribution in [2.45, 2.75) is 79.8 Å². The third-order valence-corrected chi connectivity index (χ3v) is 5.90. The van der Waals surface area contributed by atoms with Crippen molar-refractivity contribution in [1.29, 1.82) is 0 Å². The van der Waals surface area contributed by atoms with Gasteiger partial charge in [0.2, 0.25) is 5.91 Å². The van der Waals surface area contributed by atoms with Crippen LogP contribution in [-0.4, -0.2) is 12.0 Å². The molecule has 1 aliphatic rings. The highest BCUT2D eigenvalue weighted by molar-refractivity contribution is 5.92. The van der Waals surface area contributed by atoms with Crippen LogP contribution < -0.4 is 10.1 Å². The largest absolute Gasteiger partial charge is 0.489 e. The quantitative estimate of drug-likeness (QED) is 0.626. The van der Waals surface area contributed by atoms with E-state index in [0.29, 0.717) is 12.3 Å². The van der Waals surface area contributed by atoms with E-state index in [1.807, 2.05) is 0 Å². The number of hydrogen-bond acceptors (Lipinski definition) is 2. The Kier molecular flexibility index (Phi) is 5.80. The van der Waals surface area contributed by atoms with Crippen LogP contribution in [0, 0.1) is 19.3 Å². The minimum Gasteiger partial charge on any atom is -0.489 e. The summed E-state index contributed by atoms with van der Waals surface area (Å²) in [4.78, 5) is 12.6. The number of nitrogens with one attached hydrogen (secondary N) is 1. The highest BCUT2D eigenvalue weighted by Gasteiger charge is 2.35. The van der Waals surface area contributed by atoms with Crippen LogP contribution in [0.5, 0.6) is 5.75 Å². The SMILES string of the molecule is Cc1c(NC(=O)CC(C)(C)C)cc2c(c1C)O[C@@H](C)[C@H]2c1ccc(C(C)C)cc1. The van der Waals surface area contributed by atoms with Gasteiger partial charge in [-0.3, -0.25) is 4.79 Å². The van der Waals surface area contributed by atoms with Crippen LogP contribution in [0.2, 0.25) is 0 Å². The summed E-state index contributed by atoms with van der Waals surface area (Å²) >= 11 is 0. The molecule has 1 aliphatic heterocycles. The van der Waals surface area contributed by atoms with Crippen molar-refractivity contribution in [2.24, 2.45) is 5.41 Å². The van der Waals surface area contributed by atoms with Gasteiger partial charge in [0.15, 0.2) is 0 Å². The molecule has 3 heteroatoms. The summed E-state index contributed by atoms with van der Waals surface area (Å²) in [5.41, 5.74) is 6.82. The summed E-state index contributed by atoms with van der Waals surface area (Å²) in [7, 11) is 0. The van der Waals surface area contributed by atoms with Crippen LogP contribution in [0.1, 0.15) is 87.6 Å². The van der Waals surface area contributed by atoms with Gasteiger partial charge in [-0.25, -0.2) is 0 Å². The van der Waals surface area contributed by atoms with Gasteiger partial charge >= 0.3 is 0 Å². The first-order valence-electron chi connectivity index (χ1n) is 10.7. The lowest BCUT2D eigenvalue weighted by atomic mass is 9.86. The Morgan fingerprint density at radius 2 is 1.72 bits per heavy atom. The fraction of sp³-hybridized carbons (Fsp3) is 0.500. The van der Waals surface area contributed by atoms with Crippen molar-refractivity contribution < 1.29 is 9.53 Å². The van der Waals surface area contributed by atoms with E-state index in [1.165, 1.54) is 16.7 Å². The zero-order valence-electron chi connectivity index (χ0n) is 19.1.